The molecule has 0 aliphatic carbocycles. The highest BCUT2D eigenvalue weighted by atomic mass is 19.3. The van der Waals surface area contributed by atoms with Crippen LogP contribution in [0.3, 0.4) is 0 Å². The number of halogens is 2. The molecule has 6 heteroatoms. The summed E-state index contributed by atoms with van der Waals surface area (Å²) in [4.78, 5) is 23.5. The van der Waals surface area contributed by atoms with Gasteiger partial charge in [0.25, 0.3) is 6.08 Å². The fourth-order valence-corrected chi connectivity index (χ4v) is 1.88. The first-order valence-electron chi connectivity index (χ1n) is 5.00. The Balaban J connectivity index is 2.74. The number of likely N-dealkylation sites (tertiary alicyclic amines) is 1. The second-order valence-corrected chi connectivity index (χ2v) is 3.73. The number of aliphatic carboxylic acids is 1. The lowest BCUT2D eigenvalue weighted by atomic mass is 10.1. The molecule has 4 nitrogen and oxygen atoms in total. The van der Waals surface area contributed by atoms with Crippen molar-refractivity contribution in [1.82, 2.24) is 4.90 Å². The number of carboxylic acids is 1. The van der Waals surface area contributed by atoms with Gasteiger partial charge in [0.1, 0.15) is 6.04 Å². The molecule has 0 radical (unpaired) electrons. The van der Waals surface area contributed by atoms with E-state index in [0.29, 0.717) is 6.08 Å². The van der Waals surface area contributed by atoms with Gasteiger partial charge in [-0.25, -0.2) is 4.79 Å². The molecule has 0 spiro atoms. The molecule has 16 heavy (non-hydrogen) atoms. The highest BCUT2D eigenvalue weighted by Crippen LogP contribution is 2.24. The topological polar surface area (TPSA) is 57.6 Å². The quantitative estimate of drug-likeness (QED) is 0.800. The van der Waals surface area contributed by atoms with E-state index in [0.717, 1.165) is 4.90 Å². The summed E-state index contributed by atoms with van der Waals surface area (Å²) in [6.45, 7) is 1.70. The first kappa shape index (κ1) is 12.6. The van der Waals surface area contributed by atoms with Crippen molar-refractivity contribution in [1.29, 1.82) is 0 Å². The van der Waals surface area contributed by atoms with Crippen molar-refractivity contribution in [3.05, 3.63) is 12.2 Å². The summed E-state index contributed by atoms with van der Waals surface area (Å²) in [5.74, 6) is -2.05. The minimum Gasteiger partial charge on any atom is -0.480 e. The molecule has 0 aromatic heterocycles. The molecule has 0 aromatic rings. The van der Waals surface area contributed by atoms with Crippen LogP contribution in [0.4, 0.5) is 8.78 Å². The van der Waals surface area contributed by atoms with Crippen LogP contribution in [0, 0.1) is 5.92 Å². The Hall–Kier alpha value is -1.46. The molecule has 1 amide bonds. The first-order valence-corrected chi connectivity index (χ1v) is 5.00. The number of rotatable bonds is 4. The Labute approximate surface area is 91.5 Å². The number of hydrogen-bond acceptors (Lipinski definition) is 2. The van der Waals surface area contributed by atoms with Crippen LogP contribution in [0.15, 0.2) is 12.2 Å². The van der Waals surface area contributed by atoms with Crippen LogP contribution in [0.25, 0.3) is 0 Å². The predicted molar refractivity (Wildman–Crippen MR) is 51.8 cm³/mol. The summed E-state index contributed by atoms with van der Waals surface area (Å²) < 4.78 is 24.0. The fourth-order valence-electron chi connectivity index (χ4n) is 1.88. The second kappa shape index (κ2) is 5.05. The Morgan fingerprint density at radius 1 is 1.69 bits per heavy atom. The van der Waals surface area contributed by atoms with Crippen molar-refractivity contribution in [2.45, 2.75) is 25.8 Å². The van der Waals surface area contributed by atoms with Gasteiger partial charge in [0.2, 0.25) is 5.91 Å². The molecule has 90 valence electrons. The van der Waals surface area contributed by atoms with E-state index in [4.69, 9.17) is 5.11 Å². The van der Waals surface area contributed by atoms with Gasteiger partial charge in [-0.15, -0.1) is 0 Å². The van der Waals surface area contributed by atoms with Crippen LogP contribution >= 0.6 is 0 Å². The molecule has 1 heterocycles. The van der Waals surface area contributed by atoms with Crippen LogP contribution in [-0.4, -0.2) is 34.5 Å². The Kier molecular flexibility index (Phi) is 3.98. The molecule has 1 aliphatic heterocycles. The molecule has 0 aromatic carbocycles. The van der Waals surface area contributed by atoms with Gasteiger partial charge in [0, 0.05) is 18.9 Å². The Morgan fingerprint density at radius 2 is 2.31 bits per heavy atom. The molecular formula is C10H13F2NO3. The lowest BCUT2D eigenvalue weighted by Gasteiger charge is -2.23. The molecule has 1 fully saturated rings. The smallest absolute Gasteiger partial charge is 0.326 e. The minimum absolute atomic E-state index is 0.0406. The fraction of sp³-hybridized carbons (Fsp3) is 0.600. The van der Waals surface area contributed by atoms with Gasteiger partial charge in [-0.1, -0.05) is 6.92 Å². The number of carboxylic acid groups (broad SMARTS) is 1. The highest BCUT2D eigenvalue weighted by molar-refractivity contribution is 5.85. The Morgan fingerprint density at radius 3 is 2.75 bits per heavy atom. The standard InChI is InChI=1S/C10H13F2NO3/c1-2-7(10(15)16)13-5-6(3-8(11)12)4-9(13)14/h3,6-7H,2,4-5H2,1H3,(H,15,16)/t6-,7?/m1/s1. The van der Waals surface area contributed by atoms with Gasteiger partial charge < -0.3 is 10.0 Å². The zero-order valence-corrected chi connectivity index (χ0v) is 8.82. The number of carbonyl (C=O) groups is 2. The summed E-state index contributed by atoms with van der Waals surface area (Å²) in [5, 5.41) is 8.86. The number of hydrogen-bond donors (Lipinski definition) is 1. The molecular weight excluding hydrogens is 220 g/mol. The minimum atomic E-state index is -1.83. The molecule has 0 saturated carbocycles. The maximum Gasteiger partial charge on any atom is 0.326 e. The molecule has 0 bridgehead atoms. The monoisotopic (exact) mass is 233 g/mol. The average Bonchev–Trinajstić information content (AvgIpc) is 2.46. The van der Waals surface area contributed by atoms with Crippen LogP contribution in [0.5, 0.6) is 0 Å². The lowest BCUT2D eigenvalue weighted by Crippen LogP contribution is -2.41. The molecule has 1 rings (SSSR count). The van der Waals surface area contributed by atoms with Crippen molar-refractivity contribution in [2.24, 2.45) is 5.92 Å². The Bertz CT molecular complexity index is 326. The maximum atomic E-state index is 12.0. The van der Waals surface area contributed by atoms with Gasteiger partial charge in [-0.05, 0) is 12.5 Å². The van der Waals surface area contributed by atoms with Gasteiger partial charge in [-0.3, -0.25) is 4.79 Å². The maximum absolute atomic E-state index is 12.0. The van der Waals surface area contributed by atoms with E-state index in [1.165, 1.54) is 0 Å². The van der Waals surface area contributed by atoms with E-state index < -0.39 is 24.0 Å². The van der Waals surface area contributed by atoms with Crippen LogP contribution in [-0.2, 0) is 9.59 Å². The van der Waals surface area contributed by atoms with Crippen molar-refractivity contribution >= 4 is 11.9 Å². The van der Waals surface area contributed by atoms with Crippen molar-refractivity contribution in [2.75, 3.05) is 6.54 Å². The van der Waals surface area contributed by atoms with E-state index in [1.807, 2.05) is 0 Å². The van der Waals surface area contributed by atoms with Gasteiger partial charge in [-0.2, -0.15) is 8.78 Å². The third-order valence-electron chi connectivity index (χ3n) is 2.60. The van der Waals surface area contributed by atoms with Gasteiger partial charge in [0.15, 0.2) is 0 Å². The largest absolute Gasteiger partial charge is 0.480 e. The molecule has 1 unspecified atom stereocenters. The van der Waals surface area contributed by atoms with Crippen LogP contribution in [0.2, 0.25) is 0 Å². The first-order chi connectivity index (χ1) is 7.45. The number of nitrogens with zero attached hydrogens (tertiary/aromatic N) is 1. The van der Waals surface area contributed by atoms with Gasteiger partial charge >= 0.3 is 5.97 Å². The zero-order valence-electron chi connectivity index (χ0n) is 8.82. The van der Waals surface area contributed by atoms with E-state index in [9.17, 15) is 18.4 Å². The van der Waals surface area contributed by atoms with Gasteiger partial charge in [0.05, 0.1) is 0 Å². The molecule has 1 saturated heterocycles. The summed E-state index contributed by atoms with van der Waals surface area (Å²) in [6.07, 6.45) is -0.883. The zero-order chi connectivity index (χ0) is 12.3. The second-order valence-electron chi connectivity index (χ2n) is 3.73. The highest BCUT2D eigenvalue weighted by Gasteiger charge is 2.36. The SMILES string of the molecule is CCC(C(=O)O)N1C[C@H](C=C(F)F)CC1=O. The normalized spacial score (nSPS) is 22.1. The summed E-state index contributed by atoms with van der Waals surface area (Å²) in [7, 11) is 0. The van der Waals surface area contributed by atoms with Crippen molar-refractivity contribution in [3.63, 3.8) is 0 Å². The van der Waals surface area contributed by atoms with E-state index in [2.05, 4.69) is 0 Å². The molecule has 1 N–H and O–H groups in total. The third kappa shape index (κ3) is 2.77. The van der Waals surface area contributed by atoms with E-state index in [-0.39, 0.29) is 25.3 Å². The molecule has 2 atom stereocenters. The van der Waals surface area contributed by atoms with Crippen molar-refractivity contribution in [3.8, 4) is 0 Å². The lowest BCUT2D eigenvalue weighted by molar-refractivity contribution is -0.148. The average molecular weight is 233 g/mol. The predicted octanol–water partition coefficient (Wildman–Crippen LogP) is 1.48. The summed E-state index contributed by atoms with van der Waals surface area (Å²) >= 11 is 0. The van der Waals surface area contributed by atoms with E-state index >= 15 is 0 Å². The van der Waals surface area contributed by atoms with Crippen LogP contribution in [0.1, 0.15) is 19.8 Å². The van der Waals surface area contributed by atoms with Crippen LogP contribution < -0.4 is 0 Å². The van der Waals surface area contributed by atoms with Crippen molar-refractivity contribution < 1.29 is 23.5 Å². The number of carbonyl (C=O) groups excluding carboxylic acids is 1. The number of amides is 1. The third-order valence-corrected chi connectivity index (χ3v) is 2.60. The van der Waals surface area contributed by atoms with E-state index in [1.54, 1.807) is 6.92 Å². The molecule has 1 aliphatic rings. The summed E-state index contributed by atoms with van der Waals surface area (Å²) in [5.41, 5.74) is 0. The summed E-state index contributed by atoms with van der Waals surface area (Å²) in [6, 6.07) is -0.909.